The van der Waals surface area contributed by atoms with Crippen LogP contribution in [0.15, 0.2) is 18.2 Å². The van der Waals surface area contributed by atoms with Crippen LogP contribution in [0.3, 0.4) is 0 Å². The highest BCUT2D eigenvalue weighted by molar-refractivity contribution is 5.36. The highest BCUT2D eigenvalue weighted by Gasteiger charge is 2.15. The summed E-state index contributed by atoms with van der Waals surface area (Å²) < 4.78 is 23.8. The summed E-state index contributed by atoms with van der Waals surface area (Å²) in [5, 5.41) is 0. The molecule has 4 nitrogen and oxygen atoms in total. The average Bonchev–Trinajstić information content (AvgIpc) is 2.39. The first kappa shape index (κ1) is 14.9. The van der Waals surface area contributed by atoms with E-state index < -0.39 is 0 Å². The lowest BCUT2D eigenvalue weighted by Gasteiger charge is -2.19. The van der Waals surface area contributed by atoms with E-state index in [0.717, 1.165) is 18.4 Å². The Labute approximate surface area is 107 Å². The van der Waals surface area contributed by atoms with Crippen LogP contribution >= 0.6 is 0 Å². The number of methoxy groups -OCH3 is 1. The molecule has 1 aromatic carbocycles. The van der Waals surface area contributed by atoms with Crippen molar-refractivity contribution in [1.82, 2.24) is 5.43 Å². The van der Waals surface area contributed by atoms with Gasteiger partial charge in [-0.3, -0.25) is 11.3 Å². The van der Waals surface area contributed by atoms with E-state index in [0.29, 0.717) is 19.0 Å². The molecule has 0 fully saturated rings. The third-order valence-electron chi connectivity index (χ3n) is 2.75. The number of hydrogen-bond donors (Lipinski definition) is 2. The number of hydrogen-bond acceptors (Lipinski definition) is 4. The number of benzene rings is 1. The Morgan fingerprint density at radius 3 is 2.83 bits per heavy atom. The van der Waals surface area contributed by atoms with E-state index in [1.807, 2.05) is 6.92 Å². The summed E-state index contributed by atoms with van der Waals surface area (Å²) >= 11 is 0. The highest BCUT2D eigenvalue weighted by Crippen LogP contribution is 2.28. The third-order valence-corrected chi connectivity index (χ3v) is 2.75. The molecular weight excluding hydrogens is 235 g/mol. The normalized spacial score (nSPS) is 12.4. The minimum absolute atomic E-state index is 0.142. The third kappa shape index (κ3) is 4.25. The van der Waals surface area contributed by atoms with Crippen LogP contribution < -0.4 is 16.0 Å². The predicted molar refractivity (Wildman–Crippen MR) is 68.7 cm³/mol. The summed E-state index contributed by atoms with van der Waals surface area (Å²) in [7, 11) is 1.56. The van der Waals surface area contributed by atoms with E-state index in [9.17, 15) is 4.39 Å². The Morgan fingerprint density at radius 1 is 1.44 bits per heavy atom. The second-order valence-electron chi connectivity index (χ2n) is 3.94. The molecule has 0 aliphatic carbocycles. The first-order chi connectivity index (χ1) is 8.72. The maximum absolute atomic E-state index is 13.3. The number of rotatable bonds is 8. The number of hydrazine groups is 1. The summed E-state index contributed by atoms with van der Waals surface area (Å²) in [5.41, 5.74) is 3.43. The van der Waals surface area contributed by atoms with Crippen molar-refractivity contribution in [3.05, 3.63) is 29.6 Å². The van der Waals surface area contributed by atoms with Gasteiger partial charge in [-0.25, -0.2) is 4.39 Å². The lowest BCUT2D eigenvalue weighted by molar-refractivity contribution is 0.140. The number of halogens is 1. The lowest BCUT2D eigenvalue weighted by Crippen LogP contribution is -2.28. The molecule has 1 aromatic rings. The van der Waals surface area contributed by atoms with E-state index in [1.165, 1.54) is 12.1 Å². The molecule has 1 unspecified atom stereocenters. The summed E-state index contributed by atoms with van der Waals surface area (Å²) in [6.45, 7) is 3.32. The minimum atomic E-state index is -0.296. The molecular formula is C13H21FN2O2. The van der Waals surface area contributed by atoms with Crippen molar-refractivity contribution in [3.8, 4) is 5.75 Å². The maximum Gasteiger partial charge on any atom is 0.123 e. The van der Waals surface area contributed by atoms with Crippen molar-refractivity contribution in [2.45, 2.75) is 25.8 Å². The largest absolute Gasteiger partial charge is 0.496 e. The summed E-state index contributed by atoms with van der Waals surface area (Å²) in [4.78, 5) is 0. The minimum Gasteiger partial charge on any atom is -0.496 e. The smallest absolute Gasteiger partial charge is 0.123 e. The Morgan fingerprint density at radius 2 is 2.22 bits per heavy atom. The molecule has 0 radical (unpaired) electrons. The first-order valence-corrected chi connectivity index (χ1v) is 6.10. The van der Waals surface area contributed by atoms with Gasteiger partial charge in [-0.1, -0.05) is 0 Å². The van der Waals surface area contributed by atoms with Gasteiger partial charge >= 0.3 is 0 Å². The molecule has 3 N–H and O–H groups in total. The van der Waals surface area contributed by atoms with Crippen molar-refractivity contribution in [3.63, 3.8) is 0 Å². The first-order valence-electron chi connectivity index (χ1n) is 6.10. The van der Waals surface area contributed by atoms with Gasteiger partial charge in [-0.15, -0.1) is 0 Å². The van der Waals surface area contributed by atoms with E-state index >= 15 is 0 Å². The summed E-state index contributed by atoms with van der Waals surface area (Å²) in [5.74, 6) is 5.86. The Kier molecular flexibility index (Phi) is 6.64. The van der Waals surface area contributed by atoms with Crippen LogP contribution in [0.1, 0.15) is 31.4 Å². The number of nitrogens with two attached hydrogens (primary N) is 1. The zero-order valence-electron chi connectivity index (χ0n) is 10.9. The second-order valence-corrected chi connectivity index (χ2v) is 3.94. The zero-order valence-corrected chi connectivity index (χ0v) is 10.9. The molecule has 18 heavy (non-hydrogen) atoms. The zero-order chi connectivity index (χ0) is 13.4. The molecule has 0 amide bonds. The standard InChI is InChI=1S/C13H21FN2O2/c1-3-18-8-4-5-12(16-15)11-9-10(14)6-7-13(11)17-2/h6-7,9,12,16H,3-5,8,15H2,1-2H3. The molecule has 0 saturated heterocycles. The number of nitrogens with one attached hydrogen (secondary N) is 1. The molecule has 5 heteroatoms. The fourth-order valence-electron chi connectivity index (χ4n) is 1.84. The Balaban J connectivity index is 2.71. The average molecular weight is 256 g/mol. The van der Waals surface area contributed by atoms with Crippen LogP contribution in [0.5, 0.6) is 5.75 Å². The van der Waals surface area contributed by atoms with Gasteiger partial charge in [0.25, 0.3) is 0 Å². The van der Waals surface area contributed by atoms with Crippen LogP contribution in [0.2, 0.25) is 0 Å². The van der Waals surface area contributed by atoms with E-state index in [-0.39, 0.29) is 11.9 Å². The maximum atomic E-state index is 13.3. The fraction of sp³-hybridized carbons (Fsp3) is 0.538. The van der Waals surface area contributed by atoms with Crippen LogP contribution in [-0.2, 0) is 4.74 Å². The summed E-state index contributed by atoms with van der Waals surface area (Å²) in [6, 6.07) is 4.29. The Bertz CT molecular complexity index is 361. The Hall–Kier alpha value is -1.17. The van der Waals surface area contributed by atoms with Gasteiger partial charge in [-0.05, 0) is 38.0 Å². The molecule has 0 saturated carbocycles. The molecule has 0 spiro atoms. The van der Waals surface area contributed by atoms with Crippen molar-refractivity contribution in [2.24, 2.45) is 5.84 Å². The molecule has 0 heterocycles. The molecule has 0 aliphatic rings. The van der Waals surface area contributed by atoms with Gasteiger partial charge < -0.3 is 9.47 Å². The second kappa shape index (κ2) is 8.02. The van der Waals surface area contributed by atoms with Crippen LogP contribution in [-0.4, -0.2) is 20.3 Å². The SMILES string of the molecule is CCOCCCC(NN)c1cc(F)ccc1OC. The molecule has 0 aliphatic heterocycles. The predicted octanol–water partition coefficient (Wildman–Crippen LogP) is 2.16. The van der Waals surface area contributed by atoms with E-state index in [1.54, 1.807) is 13.2 Å². The van der Waals surface area contributed by atoms with Crippen molar-refractivity contribution < 1.29 is 13.9 Å². The molecule has 0 bridgehead atoms. The van der Waals surface area contributed by atoms with Gasteiger partial charge in [0.1, 0.15) is 11.6 Å². The van der Waals surface area contributed by atoms with Crippen LogP contribution in [0.25, 0.3) is 0 Å². The van der Waals surface area contributed by atoms with Gasteiger partial charge in [0.15, 0.2) is 0 Å². The molecule has 102 valence electrons. The van der Waals surface area contributed by atoms with E-state index in [2.05, 4.69) is 5.43 Å². The van der Waals surface area contributed by atoms with E-state index in [4.69, 9.17) is 15.3 Å². The van der Waals surface area contributed by atoms with Crippen LogP contribution in [0, 0.1) is 5.82 Å². The van der Waals surface area contributed by atoms with Gasteiger partial charge in [-0.2, -0.15) is 0 Å². The van der Waals surface area contributed by atoms with Gasteiger partial charge in [0, 0.05) is 24.8 Å². The quantitative estimate of drug-likeness (QED) is 0.425. The lowest BCUT2D eigenvalue weighted by atomic mass is 10.0. The van der Waals surface area contributed by atoms with Crippen molar-refractivity contribution >= 4 is 0 Å². The van der Waals surface area contributed by atoms with Gasteiger partial charge in [0.05, 0.1) is 7.11 Å². The number of ether oxygens (including phenoxy) is 2. The fourth-order valence-corrected chi connectivity index (χ4v) is 1.84. The van der Waals surface area contributed by atoms with Crippen molar-refractivity contribution in [2.75, 3.05) is 20.3 Å². The monoisotopic (exact) mass is 256 g/mol. The van der Waals surface area contributed by atoms with Gasteiger partial charge in [0.2, 0.25) is 0 Å². The molecule has 0 aromatic heterocycles. The topological polar surface area (TPSA) is 56.5 Å². The highest BCUT2D eigenvalue weighted by atomic mass is 19.1. The summed E-state index contributed by atoms with van der Waals surface area (Å²) in [6.07, 6.45) is 1.61. The molecule has 1 atom stereocenters. The van der Waals surface area contributed by atoms with Crippen molar-refractivity contribution in [1.29, 1.82) is 0 Å². The molecule has 1 rings (SSSR count). The van der Waals surface area contributed by atoms with Crippen LogP contribution in [0.4, 0.5) is 4.39 Å².